The Balaban J connectivity index is 1.81. The number of likely N-dealkylation sites (tertiary alicyclic amines) is 1. The predicted octanol–water partition coefficient (Wildman–Crippen LogP) is 1.27. The van der Waals surface area contributed by atoms with Gasteiger partial charge in [0.05, 0.1) is 6.54 Å². The van der Waals surface area contributed by atoms with E-state index in [-0.39, 0.29) is 12.1 Å². The summed E-state index contributed by atoms with van der Waals surface area (Å²) in [6.45, 7) is 2.62. The minimum absolute atomic E-state index is 0.0917. The largest absolute Gasteiger partial charge is 0.317 e. The summed E-state index contributed by atoms with van der Waals surface area (Å²) in [5.41, 5.74) is 0. The third-order valence-corrected chi connectivity index (χ3v) is 4.74. The van der Waals surface area contributed by atoms with Gasteiger partial charge in [-0.25, -0.2) is 0 Å². The van der Waals surface area contributed by atoms with Crippen LogP contribution in [0.3, 0.4) is 0 Å². The minimum Gasteiger partial charge on any atom is -0.317 e. The highest BCUT2D eigenvalue weighted by atomic mass is 32.1. The molecule has 2 saturated heterocycles. The fraction of sp³-hybridized carbons (Fsp3) is 0.615. The van der Waals surface area contributed by atoms with Gasteiger partial charge in [-0.2, -0.15) is 0 Å². The molecule has 0 bridgehead atoms. The van der Waals surface area contributed by atoms with Crippen LogP contribution in [0.1, 0.15) is 23.9 Å². The number of hydrogen-bond acceptors (Lipinski definition) is 4. The fourth-order valence-electron chi connectivity index (χ4n) is 2.98. The van der Waals surface area contributed by atoms with E-state index < -0.39 is 0 Å². The maximum absolute atomic E-state index is 12.1. The highest BCUT2D eigenvalue weighted by molar-refractivity contribution is 7.10. The predicted molar refractivity (Wildman–Crippen MR) is 72.4 cm³/mol. The molecule has 0 saturated carbocycles. The Labute approximate surface area is 112 Å². The molecule has 0 radical (unpaired) electrons. The number of carbonyl (C=O) groups excluding carboxylic acids is 1. The second-order valence-electron chi connectivity index (χ2n) is 5.16. The molecule has 2 aliphatic heterocycles. The lowest BCUT2D eigenvalue weighted by molar-refractivity contribution is -0.131. The highest BCUT2D eigenvalue weighted by Gasteiger charge is 2.38. The van der Waals surface area contributed by atoms with Crippen molar-refractivity contribution < 1.29 is 4.79 Å². The van der Waals surface area contributed by atoms with Crippen molar-refractivity contribution in [2.75, 3.05) is 26.7 Å². The Bertz CT molecular complexity index is 420. The molecule has 1 aromatic rings. The molecule has 2 aliphatic rings. The van der Waals surface area contributed by atoms with Gasteiger partial charge in [-0.1, -0.05) is 6.07 Å². The minimum atomic E-state index is 0.0917. The number of nitrogens with one attached hydrogen (secondary N) is 1. The van der Waals surface area contributed by atoms with Crippen LogP contribution in [0.2, 0.25) is 0 Å². The first kappa shape index (κ1) is 12.1. The van der Waals surface area contributed by atoms with Gasteiger partial charge in [-0.15, -0.1) is 11.3 Å². The van der Waals surface area contributed by atoms with E-state index in [2.05, 4.69) is 39.7 Å². The summed E-state index contributed by atoms with van der Waals surface area (Å²) in [6.07, 6.45) is 2.40. The smallest absolute Gasteiger partial charge is 0.238 e. The zero-order chi connectivity index (χ0) is 12.5. The van der Waals surface area contributed by atoms with Gasteiger partial charge in [0.15, 0.2) is 0 Å². The van der Waals surface area contributed by atoms with Crippen LogP contribution in [0.25, 0.3) is 0 Å². The summed E-state index contributed by atoms with van der Waals surface area (Å²) in [7, 11) is 2.14. The van der Waals surface area contributed by atoms with Crippen LogP contribution in [0.15, 0.2) is 17.5 Å². The van der Waals surface area contributed by atoms with Crippen LogP contribution in [0.5, 0.6) is 0 Å². The molecular weight excluding hydrogens is 246 g/mol. The summed E-state index contributed by atoms with van der Waals surface area (Å²) < 4.78 is 0. The van der Waals surface area contributed by atoms with Gasteiger partial charge in [-0.3, -0.25) is 10.1 Å². The average molecular weight is 265 g/mol. The van der Waals surface area contributed by atoms with Crippen molar-refractivity contribution in [1.82, 2.24) is 15.1 Å². The van der Waals surface area contributed by atoms with Crippen LogP contribution in [-0.2, 0) is 4.79 Å². The van der Waals surface area contributed by atoms with E-state index in [1.54, 1.807) is 11.3 Å². The van der Waals surface area contributed by atoms with E-state index in [1.807, 2.05) is 0 Å². The van der Waals surface area contributed by atoms with Crippen LogP contribution in [-0.4, -0.2) is 48.4 Å². The Kier molecular flexibility index (Phi) is 3.37. The highest BCUT2D eigenvalue weighted by Crippen LogP contribution is 2.30. The Morgan fingerprint density at radius 2 is 2.39 bits per heavy atom. The lowest BCUT2D eigenvalue weighted by atomic mass is 10.0. The Hall–Kier alpha value is -0.910. The number of amides is 1. The van der Waals surface area contributed by atoms with Gasteiger partial charge >= 0.3 is 0 Å². The molecule has 1 aromatic heterocycles. The van der Waals surface area contributed by atoms with Crippen molar-refractivity contribution in [2.45, 2.75) is 25.0 Å². The zero-order valence-electron chi connectivity index (χ0n) is 10.6. The second-order valence-corrected chi connectivity index (χ2v) is 6.14. The maximum Gasteiger partial charge on any atom is 0.238 e. The number of nitrogens with zero attached hydrogens (tertiary/aromatic N) is 2. The normalized spacial score (nSPS) is 30.1. The van der Waals surface area contributed by atoms with Gasteiger partial charge in [0.25, 0.3) is 0 Å². The number of rotatable bonds is 2. The molecular formula is C13H19N3OS. The maximum atomic E-state index is 12.1. The molecule has 0 aliphatic carbocycles. The topological polar surface area (TPSA) is 35.6 Å². The first-order valence-electron chi connectivity index (χ1n) is 6.52. The van der Waals surface area contributed by atoms with Crippen molar-refractivity contribution in [3.05, 3.63) is 22.4 Å². The van der Waals surface area contributed by atoms with E-state index >= 15 is 0 Å². The Morgan fingerprint density at radius 3 is 3.11 bits per heavy atom. The fourth-order valence-corrected chi connectivity index (χ4v) is 3.78. The first-order chi connectivity index (χ1) is 8.75. The third-order valence-electron chi connectivity index (χ3n) is 3.82. The standard InChI is InChI=1S/C13H19N3OS/c1-15-6-2-4-10(9-15)16-12(17)8-14-13(16)11-5-3-7-18-11/h3,5,7,10,13-14H,2,4,6,8-9H2,1H3. The van der Waals surface area contributed by atoms with Crippen LogP contribution in [0.4, 0.5) is 0 Å². The number of likely N-dealkylation sites (N-methyl/N-ethyl adjacent to an activating group) is 1. The molecule has 3 heterocycles. The van der Waals surface area contributed by atoms with E-state index in [9.17, 15) is 4.79 Å². The molecule has 5 heteroatoms. The van der Waals surface area contributed by atoms with Gasteiger partial charge in [0, 0.05) is 17.5 Å². The molecule has 2 unspecified atom stereocenters. The zero-order valence-corrected chi connectivity index (χ0v) is 11.4. The van der Waals surface area contributed by atoms with Crippen molar-refractivity contribution in [3.63, 3.8) is 0 Å². The van der Waals surface area contributed by atoms with Gasteiger partial charge < -0.3 is 9.80 Å². The quantitative estimate of drug-likeness (QED) is 0.875. The number of piperidine rings is 1. The summed E-state index contributed by atoms with van der Waals surface area (Å²) >= 11 is 1.72. The summed E-state index contributed by atoms with van der Waals surface area (Å²) in [5, 5.41) is 5.41. The Morgan fingerprint density at radius 1 is 1.50 bits per heavy atom. The van der Waals surface area contributed by atoms with Crippen molar-refractivity contribution in [1.29, 1.82) is 0 Å². The van der Waals surface area contributed by atoms with E-state index in [1.165, 1.54) is 11.3 Å². The lowest BCUT2D eigenvalue weighted by Crippen LogP contribution is -2.48. The van der Waals surface area contributed by atoms with Crippen molar-refractivity contribution in [2.24, 2.45) is 0 Å². The molecule has 0 spiro atoms. The molecule has 2 atom stereocenters. The monoisotopic (exact) mass is 265 g/mol. The molecule has 4 nitrogen and oxygen atoms in total. The van der Waals surface area contributed by atoms with Gasteiger partial charge in [0.1, 0.15) is 6.17 Å². The number of thiophene rings is 1. The molecule has 18 heavy (non-hydrogen) atoms. The second kappa shape index (κ2) is 4.99. The molecule has 0 aromatic carbocycles. The lowest BCUT2D eigenvalue weighted by Gasteiger charge is -2.38. The van der Waals surface area contributed by atoms with E-state index in [0.717, 1.165) is 19.5 Å². The average Bonchev–Trinajstić information content (AvgIpc) is 2.97. The molecule has 2 fully saturated rings. The van der Waals surface area contributed by atoms with Crippen LogP contribution < -0.4 is 5.32 Å². The molecule has 3 rings (SSSR count). The molecule has 1 amide bonds. The van der Waals surface area contributed by atoms with E-state index in [4.69, 9.17) is 0 Å². The SMILES string of the molecule is CN1CCCC(N2C(=O)CNC2c2cccs2)C1. The van der Waals surface area contributed by atoms with Crippen LogP contribution in [0, 0.1) is 0 Å². The number of carbonyl (C=O) groups is 1. The molecule has 98 valence electrons. The van der Waals surface area contributed by atoms with Gasteiger partial charge in [-0.05, 0) is 37.9 Å². The van der Waals surface area contributed by atoms with Crippen LogP contribution >= 0.6 is 11.3 Å². The van der Waals surface area contributed by atoms with Crippen molar-refractivity contribution >= 4 is 17.2 Å². The third kappa shape index (κ3) is 2.18. The number of hydrogen-bond donors (Lipinski definition) is 1. The van der Waals surface area contributed by atoms with E-state index in [0.29, 0.717) is 12.6 Å². The molecule has 1 N–H and O–H groups in total. The summed E-state index contributed by atoms with van der Waals surface area (Å²) in [4.78, 5) is 17.8. The summed E-state index contributed by atoms with van der Waals surface area (Å²) in [6, 6.07) is 4.52. The van der Waals surface area contributed by atoms with Crippen molar-refractivity contribution in [3.8, 4) is 0 Å². The summed E-state index contributed by atoms with van der Waals surface area (Å²) in [5.74, 6) is 0.244. The first-order valence-corrected chi connectivity index (χ1v) is 7.40. The van der Waals surface area contributed by atoms with Gasteiger partial charge in [0.2, 0.25) is 5.91 Å².